The normalized spacial score (nSPS) is 12.9. The zero-order valence-electron chi connectivity index (χ0n) is 18.9. The highest BCUT2D eigenvalue weighted by atomic mass is 32.2. The Morgan fingerprint density at radius 1 is 1.06 bits per heavy atom. The number of carbonyl (C=O) groups is 1. The Kier molecular flexibility index (Phi) is 6.97. The molecule has 1 aliphatic carbocycles. The van der Waals surface area contributed by atoms with Gasteiger partial charge in [-0.15, -0.1) is 11.3 Å². The second kappa shape index (κ2) is 10.4. The monoisotopic (exact) mass is 491 g/mol. The molecule has 34 heavy (non-hydrogen) atoms. The van der Waals surface area contributed by atoms with Gasteiger partial charge in [0.2, 0.25) is 5.91 Å². The van der Waals surface area contributed by atoms with Crippen LogP contribution in [0.25, 0.3) is 10.2 Å². The molecule has 0 fully saturated rings. The van der Waals surface area contributed by atoms with Gasteiger partial charge in [0.05, 0.1) is 18.6 Å². The first-order valence-electron chi connectivity index (χ1n) is 11.3. The van der Waals surface area contributed by atoms with Gasteiger partial charge in [0, 0.05) is 10.3 Å². The summed E-state index contributed by atoms with van der Waals surface area (Å²) in [6, 6.07) is 17.1. The van der Waals surface area contributed by atoms with E-state index < -0.39 is 0 Å². The van der Waals surface area contributed by atoms with Crippen molar-refractivity contribution in [3.05, 3.63) is 70.9 Å². The Bertz CT molecular complexity index is 1310. The lowest BCUT2D eigenvalue weighted by atomic mass is 9.97. The molecule has 4 aromatic rings. The molecule has 2 heterocycles. The van der Waals surface area contributed by atoms with E-state index >= 15 is 0 Å². The molecule has 0 bridgehead atoms. The number of hydrogen-bond acceptors (Lipinski definition) is 7. The van der Waals surface area contributed by atoms with Gasteiger partial charge < -0.3 is 14.8 Å². The minimum atomic E-state index is -0.104. The Labute approximate surface area is 206 Å². The van der Waals surface area contributed by atoms with Crippen LogP contribution in [0, 0.1) is 0 Å². The van der Waals surface area contributed by atoms with Crippen molar-refractivity contribution in [1.82, 2.24) is 9.97 Å². The topological polar surface area (TPSA) is 73.3 Å². The first-order chi connectivity index (χ1) is 16.7. The van der Waals surface area contributed by atoms with Gasteiger partial charge >= 0.3 is 0 Å². The largest absolute Gasteiger partial charge is 0.495 e. The van der Waals surface area contributed by atoms with Gasteiger partial charge in [-0.1, -0.05) is 42.1 Å². The minimum absolute atomic E-state index is 0.104. The maximum atomic E-state index is 12.8. The lowest BCUT2D eigenvalue weighted by Gasteiger charge is -2.13. The molecule has 0 spiro atoms. The third kappa shape index (κ3) is 5.03. The van der Waals surface area contributed by atoms with Crippen LogP contribution < -0.4 is 14.8 Å². The predicted octanol–water partition coefficient (Wildman–Crippen LogP) is 5.89. The van der Waals surface area contributed by atoms with Crippen LogP contribution in [-0.2, 0) is 24.2 Å². The number of rotatable bonds is 8. The lowest BCUT2D eigenvalue weighted by molar-refractivity contribution is -0.113. The fraction of sp³-hybridized carbons (Fsp3) is 0.269. The highest BCUT2D eigenvalue weighted by Crippen LogP contribution is 2.40. The first kappa shape index (κ1) is 22.7. The van der Waals surface area contributed by atoms with Crippen molar-refractivity contribution >= 4 is 44.9 Å². The van der Waals surface area contributed by atoms with E-state index in [4.69, 9.17) is 19.4 Å². The molecule has 0 saturated heterocycles. The predicted molar refractivity (Wildman–Crippen MR) is 137 cm³/mol. The number of nitrogens with one attached hydrogen (secondary N) is 1. The molecule has 0 radical (unpaired) electrons. The summed E-state index contributed by atoms with van der Waals surface area (Å²) in [4.78, 5) is 24.8. The fourth-order valence-electron chi connectivity index (χ4n) is 4.07. The molecule has 1 N–H and O–H groups in total. The summed E-state index contributed by atoms with van der Waals surface area (Å²) in [5, 5.41) is 4.91. The molecule has 0 saturated carbocycles. The molecular weight excluding hydrogens is 466 g/mol. The molecular formula is C26H25N3O3S2. The van der Waals surface area contributed by atoms with Gasteiger partial charge in [0.1, 0.15) is 28.0 Å². The van der Waals surface area contributed by atoms with E-state index in [1.807, 2.05) is 54.6 Å². The third-order valence-corrected chi connectivity index (χ3v) is 7.82. The van der Waals surface area contributed by atoms with E-state index in [0.29, 0.717) is 17.3 Å². The summed E-state index contributed by atoms with van der Waals surface area (Å²) in [6.07, 6.45) is 4.52. The molecule has 1 aliphatic rings. The first-order valence-corrected chi connectivity index (χ1v) is 13.1. The number of thioether (sulfide) groups is 1. The van der Waals surface area contributed by atoms with E-state index in [-0.39, 0.29) is 18.3 Å². The molecule has 0 aliphatic heterocycles. The standard InChI is InChI=1S/C26H25N3O3S2/c1-31-20-13-7-6-12-19(20)27-23(30)16-33-25-24-18-11-5-8-14-21(18)34-26(24)29-22(28-25)15-32-17-9-3-2-4-10-17/h2-4,6-7,9-10,12-13H,5,8,11,14-16H2,1H3,(H,27,30). The number of benzene rings is 2. The SMILES string of the molecule is COc1ccccc1NC(=O)CSc1nc(COc2ccccc2)nc2sc3c(c12)CCCC3. The van der Waals surface area contributed by atoms with Crippen molar-refractivity contribution in [2.45, 2.75) is 37.3 Å². The van der Waals surface area contributed by atoms with Crippen molar-refractivity contribution in [3.8, 4) is 11.5 Å². The van der Waals surface area contributed by atoms with Gasteiger partial charge in [-0.05, 0) is 55.5 Å². The van der Waals surface area contributed by atoms with E-state index in [1.54, 1.807) is 18.4 Å². The Balaban J connectivity index is 1.38. The maximum Gasteiger partial charge on any atom is 0.234 e. The van der Waals surface area contributed by atoms with Crippen molar-refractivity contribution in [1.29, 1.82) is 0 Å². The zero-order chi connectivity index (χ0) is 23.3. The van der Waals surface area contributed by atoms with Crippen LogP contribution in [0.1, 0.15) is 29.1 Å². The highest BCUT2D eigenvalue weighted by Gasteiger charge is 2.22. The summed E-state index contributed by atoms with van der Waals surface area (Å²) in [7, 11) is 1.59. The van der Waals surface area contributed by atoms with E-state index in [1.165, 1.54) is 35.0 Å². The Hall–Kier alpha value is -3.10. The summed E-state index contributed by atoms with van der Waals surface area (Å²) < 4.78 is 11.2. The van der Waals surface area contributed by atoms with E-state index in [0.717, 1.165) is 33.8 Å². The zero-order valence-corrected chi connectivity index (χ0v) is 20.5. The van der Waals surface area contributed by atoms with Crippen LogP contribution in [-0.4, -0.2) is 28.7 Å². The van der Waals surface area contributed by atoms with E-state index in [9.17, 15) is 4.79 Å². The Morgan fingerprint density at radius 2 is 1.85 bits per heavy atom. The molecule has 0 unspecified atom stereocenters. The van der Waals surface area contributed by atoms with Gasteiger partial charge in [-0.3, -0.25) is 4.79 Å². The molecule has 1 amide bonds. The second-order valence-corrected chi connectivity index (χ2v) is 10.0. The summed E-state index contributed by atoms with van der Waals surface area (Å²) in [6.45, 7) is 0.281. The summed E-state index contributed by atoms with van der Waals surface area (Å²) in [5.41, 5.74) is 2.02. The number of aromatic nitrogens is 2. The number of fused-ring (bicyclic) bond motifs is 3. The molecule has 2 aromatic carbocycles. The molecule has 6 nitrogen and oxygen atoms in total. The molecule has 0 atom stereocenters. The van der Waals surface area contributed by atoms with Crippen LogP contribution in [0.4, 0.5) is 5.69 Å². The summed E-state index contributed by atoms with van der Waals surface area (Å²) in [5.74, 6) is 2.18. The van der Waals surface area contributed by atoms with Crippen LogP contribution in [0.15, 0.2) is 59.6 Å². The molecule has 174 valence electrons. The smallest absolute Gasteiger partial charge is 0.234 e. The Morgan fingerprint density at radius 3 is 2.71 bits per heavy atom. The number of ether oxygens (including phenoxy) is 2. The van der Waals surface area contributed by atoms with Gasteiger partial charge in [0.15, 0.2) is 5.82 Å². The number of nitrogens with zero attached hydrogens (tertiary/aromatic N) is 2. The molecule has 8 heteroatoms. The van der Waals surface area contributed by atoms with Crippen molar-refractivity contribution < 1.29 is 14.3 Å². The number of hydrogen-bond donors (Lipinski definition) is 1. The fourth-order valence-corrected chi connectivity index (χ4v) is 6.29. The van der Waals surface area contributed by atoms with Crippen molar-refractivity contribution in [3.63, 3.8) is 0 Å². The van der Waals surface area contributed by atoms with Crippen LogP contribution in [0.5, 0.6) is 11.5 Å². The average Bonchev–Trinajstić information content (AvgIpc) is 3.25. The number of amides is 1. The number of thiophene rings is 1. The third-order valence-electron chi connectivity index (χ3n) is 5.66. The van der Waals surface area contributed by atoms with Crippen molar-refractivity contribution in [2.75, 3.05) is 18.2 Å². The van der Waals surface area contributed by atoms with E-state index in [2.05, 4.69) is 5.32 Å². The molecule has 5 rings (SSSR count). The van der Waals surface area contributed by atoms with Crippen molar-refractivity contribution in [2.24, 2.45) is 0 Å². The number of carbonyl (C=O) groups excluding carboxylic acids is 1. The lowest BCUT2D eigenvalue weighted by Crippen LogP contribution is -2.15. The average molecular weight is 492 g/mol. The minimum Gasteiger partial charge on any atom is -0.495 e. The van der Waals surface area contributed by atoms with Crippen LogP contribution in [0.2, 0.25) is 0 Å². The van der Waals surface area contributed by atoms with Crippen LogP contribution in [0.3, 0.4) is 0 Å². The van der Waals surface area contributed by atoms with Crippen LogP contribution >= 0.6 is 23.1 Å². The number of anilines is 1. The number of methoxy groups -OCH3 is 1. The number of aryl methyl sites for hydroxylation is 2. The quantitative estimate of drug-likeness (QED) is 0.245. The van der Waals surface area contributed by atoms with Gasteiger partial charge in [-0.25, -0.2) is 9.97 Å². The second-order valence-electron chi connectivity index (χ2n) is 7.97. The summed E-state index contributed by atoms with van der Waals surface area (Å²) >= 11 is 3.21. The number of para-hydroxylation sites is 3. The molecule has 2 aromatic heterocycles. The maximum absolute atomic E-state index is 12.8. The van der Waals surface area contributed by atoms with Gasteiger partial charge in [-0.2, -0.15) is 0 Å². The highest BCUT2D eigenvalue weighted by molar-refractivity contribution is 8.00. The van der Waals surface area contributed by atoms with Gasteiger partial charge in [0.25, 0.3) is 0 Å².